The van der Waals surface area contributed by atoms with E-state index in [9.17, 15) is 4.79 Å². The van der Waals surface area contributed by atoms with E-state index in [4.69, 9.17) is 4.74 Å². The number of methoxy groups -OCH3 is 1. The molecule has 0 radical (unpaired) electrons. The minimum Gasteiger partial charge on any atom is -0.377 e. The second kappa shape index (κ2) is 6.78. The number of anilines is 1. The maximum absolute atomic E-state index is 12.4. The Balaban J connectivity index is 2.00. The summed E-state index contributed by atoms with van der Waals surface area (Å²) in [7, 11) is 1.60. The first kappa shape index (κ1) is 15.6. The molecular formula is C15H19N3O2S. The van der Waals surface area contributed by atoms with Crippen molar-refractivity contribution in [1.29, 1.82) is 0 Å². The highest BCUT2D eigenvalue weighted by molar-refractivity contribution is 7.15. The smallest absolute Gasteiger partial charge is 0.232 e. The lowest BCUT2D eigenvalue weighted by atomic mass is 9.85. The van der Waals surface area contributed by atoms with Gasteiger partial charge < -0.3 is 10.1 Å². The lowest BCUT2D eigenvalue weighted by molar-refractivity contribution is -0.123. The van der Waals surface area contributed by atoms with Crippen molar-refractivity contribution in [2.45, 2.75) is 26.9 Å². The number of rotatable bonds is 6. The van der Waals surface area contributed by atoms with Crippen LogP contribution in [-0.4, -0.2) is 23.2 Å². The molecule has 0 saturated carbocycles. The third-order valence-electron chi connectivity index (χ3n) is 3.06. The molecule has 21 heavy (non-hydrogen) atoms. The highest BCUT2D eigenvalue weighted by atomic mass is 32.1. The second-order valence-corrected chi connectivity index (χ2v) is 6.50. The van der Waals surface area contributed by atoms with Crippen molar-refractivity contribution in [3.8, 4) is 0 Å². The second-order valence-electron chi connectivity index (χ2n) is 5.43. The summed E-state index contributed by atoms with van der Waals surface area (Å²) in [5.41, 5.74) is 0.615. The lowest BCUT2D eigenvalue weighted by Gasteiger charge is -2.22. The fourth-order valence-corrected chi connectivity index (χ4v) is 2.65. The SMILES string of the molecule is COCc1nnc(NC(=O)C(C)(C)Cc2ccccc2)s1. The number of aromatic nitrogens is 2. The van der Waals surface area contributed by atoms with Crippen molar-refractivity contribution in [1.82, 2.24) is 10.2 Å². The minimum atomic E-state index is -0.519. The van der Waals surface area contributed by atoms with E-state index >= 15 is 0 Å². The normalized spacial score (nSPS) is 11.4. The Hall–Kier alpha value is -1.79. The van der Waals surface area contributed by atoms with Gasteiger partial charge in [-0.05, 0) is 12.0 Å². The minimum absolute atomic E-state index is 0.0635. The van der Waals surface area contributed by atoms with Gasteiger partial charge in [0.25, 0.3) is 0 Å². The molecule has 1 aromatic heterocycles. The van der Waals surface area contributed by atoms with Crippen LogP contribution in [0, 0.1) is 5.41 Å². The first-order valence-corrected chi connectivity index (χ1v) is 7.49. The Labute approximate surface area is 128 Å². The van der Waals surface area contributed by atoms with Gasteiger partial charge in [-0.3, -0.25) is 4.79 Å². The van der Waals surface area contributed by atoms with Gasteiger partial charge in [-0.1, -0.05) is 55.5 Å². The maximum atomic E-state index is 12.4. The van der Waals surface area contributed by atoms with Crippen molar-refractivity contribution in [3.05, 3.63) is 40.9 Å². The number of nitrogens with one attached hydrogen (secondary N) is 1. The molecule has 1 aromatic carbocycles. The summed E-state index contributed by atoms with van der Waals surface area (Å²) in [5, 5.41) is 12.0. The van der Waals surface area contributed by atoms with E-state index < -0.39 is 5.41 Å². The summed E-state index contributed by atoms with van der Waals surface area (Å²) in [4.78, 5) is 12.4. The molecule has 0 spiro atoms. The van der Waals surface area contributed by atoms with Gasteiger partial charge in [-0.25, -0.2) is 0 Å². The number of hydrogen-bond acceptors (Lipinski definition) is 5. The quantitative estimate of drug-likeness (QED) is 0.891. The van der Waals surface area contributed by atoms with E-state index in [1.54, 1.807) is 7.11 Å². The van der Waals surface area contributed by atoms with E-state index in [1.165, 1.54) is 11.3 Å². The van der Waals surface area contributed by atoms with Crippen LogP contribution in [0.25, 0.3) is 0 Å². The Morgan fingerprint density at radius 2 is 2.00 bits per heavy atom. The van der Waals surface area contributed by atoms with Crippen LogP contribution in [0.15, 0.2) is 30.3 Å². The van der Waals surface area contributed by atoms with E-state index in [1.807, 2.05) is 44.2 Å². The number of ether oxygens (including phenoxy) is 1. The average molecular weight is 305 g/mol. The summed E-state index contributed by atoms with van der Waals surface area (Å²) < 4.78 is 4.99. The zero-order valence-electron chi connectivity index (χ0n) is 12.4. The van der Waals surface area contributed by atoms with Crippen LogP contribution >= 0.6 is 11.3 Å². The molecule has 5 nitrogen and oxygen atoms in total. The third-order valence-corrected chi connectivity index (χ3v) is 3.87. The molecule has 0 bridgehead atoms. The van der Waals surface area contributed by atoms with Gasteiger partial charge in [0.15, 0.2) is 0 Å². The van der Waals surface area contributed by atoms with Gasteiger partial charge in [0.05, 0.1) is 0 Å². The van der Waals surface area contributed by atoms with Gasteiger partial charge in [0.1, 0.15) is 11.6 Å². The number of hydrogen-bond donors (Lipinski definition) is 1. The monoisotopic (exact) mass is 305 g/mol. The van der Waals surface area contributed by atoms with Crippen LogP contribution in [0.2, 0.25) is 0 Å². The fraction of sp³-hybridized carbons (Fsp3) is 0.400. The van der Waals surface area contributed by atoms with Crippen molar-refractivity contribution in [2.24, 2.45) is 5.41 Å². The Kier molecular flexibility index (Phi) is 5.03. The molecule has 1 heterocycles. The molecule has 0 aliphatic rings. The van der Waals surface area contributed by atoms with Crippen LogP contribution in [0.1, 0.15) is 24.4 Å². The number of amides is 1. The average Bonchev–Trinajstić information content (AvgIpc) is 2.87. The zero-order valence-corrected chi connectivity index (χ0v) is 13.2. The first-order valence-electron chi connectivity index (χ1n) is 6.68. The van der Waals surface area contributed by atoms with E-state index in [2.05, 4.69) is 15.5 Å². The van der Waals surface area contributed by atoms with Crippen molar-refractivity contribution in [2.75, 3.05) is 12.4 Å². The van der Waals surface area contributed by atoms with Crippen LogP contribution in [0.5, 0.6) is 0 Å². The van der Waals surface area contributed by atoms with Crippen LogP contribution < -0.4 is 5.32 Å². The van der Waals surface area contributed by atoms with Gasteiger partial charge in [-0.2, -0.15) is 0 Å². The maximum Gasteiger partial charge on any atom is 0.232 e. The van der Waals surface area contributed by atoms with Crippen molar-refractivity contribution >= 4 is 22.4 Å². The number of benzene rings is 1. The molecule has 0 aliphatic carbocycles. The number of nitrogens with zero attached hydrogens (tertiary/aromatic N) is 2. The van der Waals surface area contributed by atoms with E-state index in [0.717, 1.165) is 10.6 Å². The van der Waals surface area contributed by atoms with Crippen LogP contribution in [-0.2, 0) is 22.6 Å². The van der Waals surface area contributed by atoms with Gasteiger partial charge in [-0.15, -0.1) is 10.2 Å². The summed E-state index contributed by atoms with van der Waals surface area (Å²) in [6.45, 7) is 4.25. The number of carbonyl (C=O) groups is 1. The third kappa shape index (κ3) is 4.34. The molecule has 2 rings (SSSR count). The Morgan fingerprint density at radius 1 is 1.29 bits per heavy atom. The predicted octanol–water partition coefficient (Wildman–Crippen LogP) is 2.89. The van der Waals surface area contributed by atoms with Gasteiger partial charge >= 0.3 is 0 Å². The number of carbonyl (C=O) groups excluding carboxylic acids is 1. The zero-order chi connectivity index (χ0) is 15.3. The van der Waals surface area contributed by atoms with Gasteiger partial charge in [0, 0.05) is 12.5 Å². The summed E-state index contributed by atoms with van der Waals surface area (Å²) >= 11 is 1.33. The van der Waals surface area contributed by atoms with E-state index in [-0.39, 0.29) is 5.91 Å². The highest BCUT2D eigenvalue weighted by Crippen LogP contribution is 2.25. The molecule has 2 aromatic rings. The highest BCUT2D eigenvalue weighted by Gasteiger charge is 2.28. The lowest BCUT2D eigenvalue weighted by Crippen LogP contribution is -2.32. The van der Waals surface area contributed by atoms with Crippen molar-refractivity contribution < 1.29 is 9.53 Å². The molecule has 0 fully saturated rings. The molecule has 6 heteroatoms. The molecule has 1 amide bonds. The molecule has 0 atom stereocenters. The first-order chi connectivity index (χ1) is 10.0. The van der Waals surface area contributed by atoms with Crippen LogP contribution in [0.3, 0.4) is 0 Å². The summed E-state index contributed by atoms with van der Waals surface area (Å²) in [6, 6.07) is 9.97. The molecule has 1 N–H and O–H groups in total. The Morgan fingerprint density at radius 3 is 2.67 bits per heavy atom. The molecule has 0 aliphatic heterocycles. The Bertz CT molecular complexity index is 596. The van der Waals surface area contributed by atoms with Crippen molar-refractivity contribution in [3.63, 3.8) is 0 Å². The fourth-order valence-electron chi connectivity index (χ4n) is 1.94. The molecule has 0 saturated heterocycles. The molecule has 112 valence electrons. The largest absolute Gasteiger partial charge is 0.377 e. The van der Waals surface area contributed by atoms with Gasteiger partial charge in [0.2, 0.25) is 11.0 Å². The topological polar surface area (TPSA) is 64.1 Å². The predicted molar refractivity (Wildman–Crippen MR) is 83.2 cm³/mol. The summed E-state index contributed by atoms with van der Waals surface area (Å²) in [5.74, 6) is -0.0635. The van der Waals surface area contributed by atoms with E-state index in [0.29, 0.717) is 18.2 Å². The standard InChI is InChI=1S/C15H19N3O2S/c1-15(2,9-11-7-5-4-6-8-11)13(19)16-14-18-17-12(21-14)10-20-3/h4-8H,9-10H2,1-3H3,(H,16,18,19). The van der Waals surface area contributed by atoms with Crippen LogP contribution in [0.4, 0.5) is 5.13 Å². The molecular weight excluding hydrogens is 286 g/mol. The molecule has 0 unspecified atom stereocenters. The summed E-state index contributed by atoms with van der Waals surface area (Å²) in [6.07, 6.45) is 0.670.